The summed E-state index contributed by atoms with van der Waals surface area (Å²) in [7, 11) is 0. The fourth-order valence-corrected chi connectivity index (χ4v) is 2.36. The van der Waals surface area contributed by atoms with E-state index in [0.29, 0.717) is 11.3 Å². The lowest BCUT2D eigenvalue weighted by Gasteiger charge is -2.11. The van der Waals surface area contributed by atoms with Gasteiger partial charge in [0.25, 0.3) is 0 Å². The van der Waals surface area contributed by atoms with Crippen LogP contribution >= 0.6 is 11.3 Å². The fraction of sp³-hybridized carbons (Fsp3) is 0.250. The Hall–Kier alpha value is -1.53. The number of hydrogen-bond acceptors (Lipinski definition) is 3. The van der Waals surface area contributed by atoms with Gasteiger partial charge in [-0.25, -0.2) is 0 Å². The lowest BCUT2D eigenvalue weighted by molar-refractivity contribution is 0.242. The minimum absolute atomic E-state index is 0.0921. The Kier molecular flexibility index (Phi) is 2.61. The number of nitriles is 1. The smallest absolute Gasteiger partial charge is 0.138 e. The van der Waals surface area contributed by atoms with Gasteiger partial charge < -0.3 is 4.74 Å². The van der Waals surface area contributed by atoms with Crippen LogP contribution in [0.1, 0.15) is 19.4 Å². The third-order valence-corrected chi connectivity index (χ3v) is 3.01. The molecule has 15 heavy (non-hydrogen) atoms. The van der Waals surface area contributed by atoms with E-state index in [2.05, 4.69) is 6.07 Å². The summed E-state index contributed by atoms with van der Waals surface area (Å²) in [4.78, 5) is 0. The van der Waals surface area contributed by atoms with Crippen molar-refractivity contribution in [3.8, 4) is 11.8 Å². The van der Waals surface area contributed by atoms with Crippen LogP contribution < -0.4 is 4.74 Å². The van der Waals surface area contributed by atoms with Crippen molar-refractivity contribution in [2.75, 3.05) is 0 Å². The van der Waals surface area contributed by atoms with Crippen LogP contribution in [0, 0.1) is 11.3 Å². The second kappa shape index (κ2) is 3.92. The summed E-state index contributed by atoms with van der Waals surface area (Å²) < 4.78 is 6.61. The minimum Gasteiger partial charge on any atom is -0.490 e. The molecule has 0 aliphatic carbocycles. The van der Waals surface area contributed by atoms with Crippen LogP contribution in [0.4, 0.5) is 0 Å². The molecular formula is C12H11NOS. The molecule has 76 valence electrons. The highest BCUT2D eigenvalue weighted by molar-refractivity contribution is 7.17. The predicted octanol–water partition coefficient (Wildman–Crippen LogP) is 3.56. The van der Waals surface area contributed by atoms with Gasteiger partial charge >= 0.3 is 0 Å². The van der Waals surface area contributed by atoms with Gasteiger partial charge in [0.05, 0.1) is 10.8 Å². The summed E-state index contributed by atoms with van der Waals surface area (Å²) in [5.41, 5.74) is 0.649. The number of nitrogens with zero attached hydrogens (tertiary/aromatic N) is 1. The van der Waals surface area contributed by atoms with E-state index in [0.717, 1.165) is 10.1 Å². The van der Waals surface area contributed by atoms with E-state index >= 15 is 0 Å². The van der Waals surface area contributed by atoms with Crippen LogP contribution in [0.2, 0.25) is 0 Å². The molecule has 0 aliphatic heterocycles. The molecule has 2 nitrogen and oxygen atoms in total. The number of benzene rings is 1. The zero-order chi connectivity index (χ0) is 10.8. The Morgan fingerprint density at radius 2 is 2.13 bits per heavy atom. The van der Waals surface area contributed by atoms with E-state index in [1.165, 1.54) is 0 Å². The average molecular weight is 217 g/mol. The Morgan fingerprint density at radius 3 is 2.80 bits per heavy atom. The van der Waals surface area contributed by atoms with E-state index in [-0.39, 0.29) is 6.10 Å². The van der Waals surface area contributed by atoms with Gasteiger partial charge in [0.2, 0.25) is 0 Å². The van der Waals surface area contributed by atoms with Crippen molar-refractivity contribution in [1.29, 1.82) is 5.26 Å². The molecule has 0 amide bonds. The summed E-state index contributed by atoms with van der Waals surface area (Å²) >= 11 is 1.58. The number of fused-ring (bicyclic) bond motifs is 1. The van der Waals surface area contributed by atoms with E-state index in [1.54, 1.807) is 11.3 Å². The maximum Gasteiger partial charge on any atom is 0.138 e. The molecule has 0 N–H and O–H groups in total. The average Bonchev–Trinajstić information content (AvgIpc) is 2.64. The van der Waals surface area contributed by atoms with Crippen molar-refractivity contribution in [2.24, 2.45) is 0 Å². The van der Waals surface area contributed by atoms with Crippen molar-refractivity contribution in [2.45, 2.75) is 20.0 Å². The molecule has 0 bridgehead atoms. The first kappa shape index (κ1) is 10.0. The van der Waals surface area contributed by atoms with Crippen molar-refractivity contribution in [3.63, 3.8) is 0 Å². The largest absolute Gasteiger partial charge is 0.490 e. The third-order valence-electron chi connectivity index (χ3n) is 2.06. The van der Waals surface area contributed by atoms with Gasteiger partial charge in [-0.05, 0) is 42.8 Å². The summed E-state index contributed by atoms with van der Waals surface area (Å²) in [5.74, 6) is 0.683. The van der Waals surface area contributed by atoms with E-state index in [9.17, 15) is 0 Å². The molecule has 0 fully saturated rings. The summed E-state index contributed by atoms with van der Waals surface area (Å²) in [6.45, 7) is 3.92. The number of rotatable bonds is 2. The highest BCUT2D eigenvalue weighted by Crippen LogP contribution is 2.31. The number of hydrogen-bond donors (Lipinski definition) is 0. The molecule has 2 rings (SSSR count). The quantitative estimate of drug-likeness (QED) is 0.770. The molecule has 1 heterocycles. The van der Waals surface area contributed by atoms with Crippen molar-refractivity contribution >= 4 is 21.4 Å². The van der Waals surface area contributed by atoms with Gasteiger partial charge in [-0.15, -0.1) is 11.3 Å². The molecule has 3 heteroatoms. The van der Waals surface area contributed by atoms with Gasteiger partial charge in [0.1, 0.15) is 17.4 Å². The first-order valence-electron chi connectivity index (χ1n) is 4.79. The van der Waals surface area contributed by atoms with Crippen LogP contribution in [-0.4, -0.2) is 6.10 Å². The number of ether oxygens (including phenoxy) is 1. The van der Waals surface area contributed by atoms with Crippen LogP contribution in [0.5, 0.6) is 5.75 Å². The standard InChI is InChI=1S/C12H11NOS/c1-8(2)14-11-4-3-9-5-6-15-12(9)10(11)7-13/h3-6,8H,1-2H3. The molecule has 0 saturated carbocycles. The summed E-state index contributed by atoms with van der Waals surface area (Å²) in [5, 5.41) is 12.2. The van der Waals surface area contributed by atoms with Crippen molar-refractivity contribution in [3.05, 3.63) is 29.1 Å². The molecule has 0 radical (unpaired) electrons. The van der Waals surface area contributed by atoms with Crippen LogP contribution in [-0.2, 0) is 0 Å². The Bertz CT molecular complexity index is 522. The Labute approximate surface area is 92.7 Å². The lowest BCUT2D eigenvalue weighted by Crippen LogP contribution is -2.06. The highest BCUT2D eigenvalue weighted by Gasteiger charge is 2.10. The molecule has 2 aromatic rings. The van der Waals surface area contributed by atoms with Gasteiger partial charge in [0.15, 0.2) is 0 Å². The molecule has 0 unspecified atom stereocenters. The topological polar surface area (TPSA) is 33.0 Å². The Morgan fingerprint density at radius 1 is 1.33 bits per heavy atom. The monoisotopic (exact) mass is 217 g/mol. The molecule has 0 spiro atoms. The normalized spacial score (nSPS) is 10.5. The van der Waals surface area contributed by atoms with E-state index in [4.69, 9.17) is 10.00 Å². The van der Waals surface area contributed by atoms with Crippen LogP contribution in [0.25, 0.3) is 10.1 Å². The lowest BCUT2D eigenvalue weighted by atomic mass is 10.1. The second-order valence-electron chi connectivity index (χ2n) is 3.56. The van der Waals surface area contributed by atoms with E-state index in [1.807, 2.05) is 37.4 Å². The maximum atomic E-state index is 9.12. The van der Waals surface area contributed by atoms with Gasteiger partial charge in [-0.1, -0.05) is 0 Å². The van der Waals surface area contributed by atoms with Crippen molar-refractivity contribution < 1.29 is 4.74 Å². The molecule has 0 atom stereocenters. The third kappa shape index (κ3) is 1.81. The van der Waals surface area contributed by atoms with Gasteiger partial charge in [-0.2, -0.15) is 5.26 Å². The van der Waals surface area contributed by atoms with E-state index < -0.39 is 0 Å². The SMILES string of the molecule is CC(C)Oc1ccc2ccsc2c1C#N. The zero-order valence-corrected chi connectivity index (χ0v) is 9.47. The predicted molar refractivity (Wildman–Crippen MR) is 62.3 cm³/mol. The molecular weight excluding hydrogens is 206 g/mol. The molecule has 0 saturated heterocycles. The van der Waals surface area contributed by atoms with Gasteiger partial charge in [0, 0.05) is 0 Å². The Balaban J connectivity index is 2.60. The highest BCUT2D eigenvalue weighted by atomic mass is 32.1. The summed E-state index contributed by atoms with van der Waals surface area (Å²) in [6.07, 6.45) is 0.0921. The first-order valence-corrected chi connectivity index (χ1v) is 5.67. The zero-order valence-electron chi connectivity index (χ0n) is 8.65. The maximum absolute atomic E-state index is 9.12. The molecule has 1 aromatic carbocycles. The molecule has 0 aliphatic rings. The summed E-state index contributed by atoms with van der Waals surface area (Å²) in [6, 6.07) is 8.09. The number of thiophene rings is 1. The first-order chi connectivity index (χ1) is 7.22. The van der Waals surface area contributed by atoms with Crippen LogP contribution in [0.3, 0.4) is 0 Å². The molecule has 1 aromatic heterocycles. The second-order valence-corrected chi connectivity index (χ2v) is 4.47. The van der Waals surface area contributed by atoms with Crippen molar-refractivity contribution in [1.82, 2.24) is 0 Å². The fourth-order valence-electron chi connectivity index (χ4n) is 1.47. The van der Waals surface area contributed by atoms with Gasteiger partial charge in [-0.3, -0.25) is 0 Å². The minimum atomic E-state index is 0.0921. The van der Waals surface area contributed by atoms with Crippen LogP contribution in [0.15, 0.2) is 23.6 Å².